The average molecular weight is 469 g/mol. The van der Waals surface area contributed by atoms with Gasteiger partial charge >= 0.3 is 0 Å². The zero-order chi connectivity index (χ0) is 23.8. The number of aromatic nitrogens is 2. The third kappa shape index (κ3) is 6.29. The summed E-state index contributed by atoms with van der Waals surface area (Å²) in [5, 5.41) is 15.1. The number of methoxy groups -OCH3 is 2. The Morgan fingerprint density at radius 3 is 2.42 bits per heavy atom. The normalized spacial score (nSPS) is 10.7. The molecule has 3 aromatic rings. The van der Waals surface area contributed by atoms with Crippen molar-refractivity contribution in [2.45, 2.75) is 33.1 Å². The maximum atomic E-state index is 12.7. The van der Waals surface area contributed by atoms with Crippen LogP contribution < -0.4 is 20.1 Å². The van der Waals surface area contributed by atoms with Gasteiger partial charge in [-0.15, -0.1) is 10.2 Å². The first kappa shape index (κ1) is 24.2. The summed E-state index contributed by atoms with van der Waals surface area (Å²) in [5.74, 6) is 0.894. The molecule has 0 atom stereocenters. The number of benzene rings is 2. The molecule has 2 N–H and O–H groups in total. The van der Waals surface area contributed by atoms with Crippen LogP contribution in [0.3, 0.4) is 0 Å². The lowest BCUT2D eigenvalue weighted by Crippen LogP contribution is -2.22. The summed E-state index contributed by atoms with van der Waals surface area (Å²) < 4.78 is 10.6. The summed E-state index contributed by atoms with van der Waals surface area (Å²) in [4.78, 5) is 25.0. The van der Waals surface area contributed by atoms with E-state index in [4.69, 9.17) is 9.47 Å². The maximum absolute atomic E-state index is 12.7. The molecule has 0 bridgehead atoms. The third-order valence-electron chi connectivity index (χ3n) is 5.24. The molecule has 33 heavy (non-hydrogen) atoms. The number of amides is 2. The highest BCUT2D eigenvalue weighted by Gasteiger charge is 2.16. The van der Waals surface area contributed by atoms with Crippen LogP contribution in [0.4, 0.5) is 10.8 Å². The molecule has 0 aliphatic carbocycles. The van der Waals surface area contributed by atoms with Crippen LogP contribution in [0.1, 0.15) is 47.6 Å². The Bertz CT molecular complexity index is 1110. The smallest absolute Gasteiger partial charge is 0.257 e. The van der Waals surface area contributed by atoms with Crippen LogP contribution in [0, 0.1) is 5.92 Å². The summed E-state index contributed by atoms with van der Waals surface area (Å²) >= 11 is 1.30. The Morgan fingerprint density at radius 2 is 1.73 bits per heavy atom. The van der Waals surface area contributed by atoms with Crippen molar-refractivity contribution in [3.63, 3.8) is 0 Å². The second-order valence-electron chi connectivity index (χ2n) is 7.40. The van der Waals surface area contributed by atoms with Gasteiger partial charge in [0.25, 0.3) is 5.91 Å². The van der Waals surface area contributed by atoms with Crippen molar-refractivity contribution in [1.82, 2.24) is 10.2 Å². The van der Waals surface area contributed by atoms with Gasteiger partial charge in [0.1, 0.15) is 5.01 Å². The fraction of sp³-hybridized carbons (Fsp3) is 0.333. The number of nitrogens with one attached hydrogen (secondary N) is 2. The molecular weight excluding hydrogens is 440 g/mol. The fourth-order valence-electron chi connectivity index (χ4n) is 3.35. The minimum atomic E-state index is -0.317. The molecule has 0 saturated carbocycles. The predicted molar refractivity (Wildman–Crippen MR) is 129 cm³/mol. The lowest BCUT2D eigenvalue weighted by atomic mass is 10.0. The van der Waals surface area contributed by atoms with E-state index in [0.717, 1.165) is 23.4 Å². The minimum Gasteiger partial charge on any atom is -0.493 e. The van der Waals surface area contributed by atoms with E-state index in [2.05, 4.69) is 20.8 Å². The van der Waals surface area contributed by atoms with Gasteiger partial charge in [-0.2, -0.15) is 0 Å². The third-order valence-corrected chi connectivity index (χ3v) is 6.08. The number of carbonyl (C=O) groups excluding carboxylic acids is 2. The first-order valence-electron chi connectivity index (χ1n) is 10.7. The molecule has 0 fully saturated rings. The van der Waals surface area contributed by atoms with E-state index >= 15 is 0 Å². The van der Waals surface area contributed by atoms with Crippen LogP contribution in [-0.2, 0) is 11.2 Å². The molecular formula is C24H28N4O4S. The first-order chi connectivity index (χ1) is 16.0. The standard InChI is InChI=1S/C24H28N4O4S/c1-5-16(6-2)22(29)25-18-9-7-8-17(14-18)23(30)26-24-28-27-21(33-24)13-15-10-11-19(31-3)20(12-15)32-4/h7-12,14,16H,5-6,13H2,1-4H3,(H,25,29)(H,26,28,30). The molecule has 174 valence electrons. The highest BCUT2D eigenvalue weighted by molar-refractivity contribution is 7.15. The maximum Gasteiger partial charge on any atom is 0.257 e. The molecule has 2 aromatic carbocycles. The molecule has 0 radical (unpaired) electrons. The van der Waals surface area contributed by atoms with Crippen LogP contribution in [-0.4, -0.2) is 36.2 Å². The number of hydrogen-bond donors (Lipinski definition) is 2. The van der Waals surface area contributed by atoms with Crippen LogP contribution in [0.15, 0.2) is 42.5 Å². The Hall–Kier alpha value is -3.46. The molecule has 0 unspecified atom stereocenters. The van der Waals surface area contributed by atoms with Crippen molar-refractivity contribution in [2.75, 3.05) is 24.9 Å². The quantitative estimate of drug-likeness (QED) is 0.444. The highest BCUT2D eigenvalue weighted by atomic mass is 32.1. The van der Waals surface area contributed by atoms with E-state index in [0.29, 0.717) is 34.3 Å². The van der Waals surface area contributed by atoms with Gasteiger partial charge in [-0.05, 0) is 48.7 Å². The number of rotatable bonds is 10. The monoisotopic (exact) mass is 468 g/mol. The SMILES string of the molecule is CCC(CC)C(=O)Nc1cccc(C(=O)Nc2nnc(Cc3ccc(OC)c(OC)c3)s2)c1. The summed E-state index contributed by atoms with van der Waals surface area (Å²) in [6.45, 7) is 3.97. The van der Waals surface area contributed by atoms with Gasteiger partial charge in [-0.25, -0.2) is 0 Å². The number of carbonyl (C=O) groups is 2. The lowest BCUT2D eigenvalue weighted by Gasteiger charge is -2.13. The molecule has 1 heterocycles. The highest BCUT2D eigenvalue weighted by Crippen LogP contribution is 2.29. The summed E-state index contributed by atoms with van der Waals surface area (Å²) in [6.07, 6.45) is 2.09. The van der Waals surface area contributed by atoms with Gasteiger partial charge in [0.15, 0.2) is 11.5 Å². The van der Waals surface area contributed by atoms with Crippen LogP contribution in [0.25, 0.3) is 0 Å². The van der Waals surface area contributed by atoms with Crippen molar-refractivity contribution >= 4 is 34.0 Å². The molecule has 0 spiro atoms. The number of nitrogens with zero attached hydrogens (tertiary/aromatic N) is 2. The van der Waals surface area contributed by atoms with Gasteiger partial charge in [-0.1, -0.05) is 37.3 Å². The van der Waals surface area contributed by atoms with E-state index < -0.39 is 0 Å². The molecule has 1 aromatic heterocycles. The Labute approximate surface area is 197 Å². The van der Waals surface area contributed by atoms with Gasteiger partial charge < -0.3 is 14.8 Å². The van der Waals surface area contributed by atoms with Gasteiger partial charge in [0.05, 0.1) is 14.2 Å². The summed E-state index contributed by atoms with van der Waals surface area (Å²) in [6, 6.07) is 12.5. The van der Waals surface area contributed by atoms with E-state index in [1.807, 2.05) is 32.0 Å². The molecule has 9 heteroatoms. The number of ether oxygens (including phenoxy) is 2. The van der Waals surface area contributed by atoms with Crippen LogP contribution >= 0.6 is 11.3 Å². The lowest BCUT2D eigenvalue weighted by molar-refractivity contribution is -0.120. The molecule has 3 rings (SSSR count). The number of anilines is 2. The topological polar surface area (TPSA) is 102 Å². The molecule has 2 amide bonds. The van der Waals surface area contributed by atoms with Crippen molar-refractivity contribution in [3.8, 4) is 11.5 Å². The second-order valence-corrected chi connectivity index (χ2v) is 8.47. The van der Waals surface area contributed by atoms with E-state index in [9.17, 15) is 9.59 Å². The zero-order valence-corrected chi connectivity index (χ0v) is 20.0. The van der Waals surface area contributed by atoms with Crippen molar-refractivity contribution in [1.29, 1.82) is 0 Å². The Balaban J connectivity index is 1.64. The van der Waals surface area contributed by atoms with Crippen LogP contribution in [0.2, 0.25) is 0 Å². The predicted octanol–water partition coefficient (Wildman–Crippen LogP) is 4.77. The molecule has 8 nitrogen and oxygen atoms in total. The van der Waals surface area contributed by atoms with Crippen molar-refractivity contribution in [2.24, 2.45) is 5.92 Å². The van der Waals surface area contributed by atoms with E-state index in [-0.39, 0.29) is 17.7 Å². The average Bonchev–Trinajstić information content (AvgIpc) is 3.26. The Morgan fingerprint density at radius 1 is 0.970 bits per heavy atom. The largest absolute Gasteiger partial charge is 0.493 e. The van der Waals surface area contributed by atoms with Gasteiger partial charge in [0.2, 0.25) is 11.0 Å². The minimum absolute atomic E-state index is 0.0403. The molecule has 0 saturated heterocycles. The van der Waals surface area contributed by atoms with Gasteiger partial charge in [0, 0.05) is 23.6 Å². The second kappa shape index (κ2) is 11.4. The van der Waals surface area contributed by atoms with E-state index in [1.165, 1.54) is 11.3 Å². The zero-order valence-electron chi connectivity index (χ0n) is 19.2. The summed E-state index contributed by atoms with van der Waals surface area (Å²) in [7, 11) is 3.18. The molecule has 0 aliphatic heterocycles. The molecule has 0 aliphatic rings. The van der Waals surface area contributed by atoms with E-state index in [1.54, 1.807) is 38.5 Å². The van der Waals surface area contributed by atoms with Crippen LogP contribution in [0.5, 0.6) is 11.5 Å². The number of hydrogen-bond acceptors (Lipinski definition) is 7. The fourth-order valence-corrected chi connectivity index (χ4v) is 4.12. The van der Waals surface area contributed by atoms with Crippen molar-refractivity contribution < 1.29 is 19.1 Å². The van der Waals surface area contributed by atoms with Crippen molar-refractivity contribution in [3.05, 3.63) is 58.6 Å². The van der Waals surface area contributed by atoms with Gasteiger partial charge in [-0.3, -0.25) is 14.9 Å². The first-order valence-corrected chi connectivity index (χ1v) is 11.5. The summed E-state index contributed by atoms with van der Waals surface area (Å²) in [5.41, 5.74) is 2.00. The Kier molecular flexibility index (Phi) is 8.37.